The van der Waals surface area contributed by atoms with E-state index in [2.05, 4.69) is 10.3 Å². The Balaban J connectivity index is 2.13. The highest BCUT2D eigenvalue weighted by Gasteiger charge is 2.13. The van der Waals surface area contributed by atoms with Crippen molar-refractivity contribution in [1.29, 1.82) is 0 Å². The van der Waals surface area contributed by atoms with Crippen molar-refractivity contribution in [2.45, 2.75) is 19.9 Å². The number of phenols is 1. The van der Waals surface area contributed by atoms with Crippen LogP contribution >= 0.6 is 0 Å². The lowest BCUT2D eigenvalue weighted by Gasteiger charge is -2.15. The van der Waals surface area contributed by atoms with Gasteiger partial charge in [0.25, 0.3) is 5.91 Å². The molecule has 1 aromatic heterocycles. The number of phenolic OH excluding ortho intramolecular Hbond substituents is 1. The zero-order valence-corrected chi connectivity index (χ0v) is 10.9. The summed E-state index contributed by atoms with van der Waals surface area (Å²) in [4.78, 5) is 16.2. The Kier molecular flexibility index (Phi) is 3.80. The van der Waals surface area contributed by atoms with Gasteiger partial charge in [0.05, 0.1) is 6.04 Å². The van der Waals surface area contributed by atoms with Crippen molar-refractivity contribution in [2.24, 2.45) is 0 Å². The number of rotatable bonds is 3. The van der Waals surface area contributed by atoms with Crippen molar-refractivity contribution in [3.8, 4) is 5.75 Å². The molecular weight excluding hydrogens is 240 g/mol. The fraction of sp³-hybridized carbons (Fsp3) is 0.200. The van der Waals surface area contributed by atoms with Crippen LogP contribution in [0.3, 0.4) is 0 Å². The second-order valence-electron chi connectivity index (χ2n) is 4.48. The SMILES string of the molecule is Cc1cc(O)ccc1C(=O)NC(C)c1cccnc1. The molecule has 0 aliphatic heterocycles. The van der Waals surface area contributed by atoms with Gasteiger partial charge in [0, 0.05) is 18.0 Å². The molecule has 2 N–H and O–H groups in total. The molecule has 1 unspecified atom stereocenters. The topological polar surface area (TPSA) is 62.2 Å². The maximum Gasteiger partial charge on any atom is 0.252 e. The number of pyridine rings is 1. The molecule has 4 nitrogen and oxygen atoms in total. The molecule has 2 aromatic rings. The molecular formula is C15H16N2O2. The third-order valence-electron chi connectivity index (χ3n) is 2.99. The van der Waals surface area contributed by atoms with Gasteiger partial charge < -0.3 is 10.4 Å². The van der Waals surface area contributed by atoms with Crippen molar-refractivity contribution in [1.82, 2.24) is 10.3 Å². The van der Waals surface area contributed by atoms with Crippen LogP contribution < -0.4 is 5.32 Å². The molecule has 0 aliphatic rings. The Bertz CT molecular complexity index is 582. The predicted octanol–water partition coefficient (Wildman–Crippen LogP) is 2.59. The molecule has 1 aromatic carbocycles. The van der Waals surface area contributed by atoms with Gasteiger partial charge in [0.1, 0.15) is 5.75 Å². The quantitative estimate of drug-likeness (QED) is 0.887. The number of carbonyl (C=O) groups is 1. The summed E-state index contributed by atoms with van der Waals surface area (Å²) in [5, 5.41) is 12.3. The zero-order valence-electron chi connectivity index (χ0n) is 10.9. The Morgan fingerprint density at radius 1 is 1.37 bits per heavy atom. The minimum absolute atomic E-state index is 0.116. The molecule has 0 aliphatic carbocycles. The van der Waals surface area contributed by atoms with Gasteiger partial charge in [-0.25, -0.2) is 0 Å². The van der Waals surface area contributed by atoms with Crippen LogP contribution in [0.1, 0.15) is 34.5 Å². The number of amides is 1. The summed E-state index contributed by atoms with van der Waals surface area (Å²) in [7, 11) is 0. The number of nitrogens with zero attached hydrogens (tertiary/aromatic N) is 1. The van der Waals surface area contributed by atoms with Crippen molar-refractivity contribution in [3.63, 3.8) is 0 Å². The summed E-state index contributed by atoms with van der Waals surface area (Å²) in [5.41, 5.74) is 2.26. The fourth-order valence-corrected chi connectivity index (χ4v) is 1.89. The summed E-state index contributed by atoms with van der Waals surface area (Å²) in [6.45, 7) is 3.70. The van der Waals surface area contributed by atoms with Crippen LogP contribution in [0.15, 0.2) is 42.7 Å². The smallest absolute Gasteiger partial charge is 0.252 e. The van der Waals surface area contributed by atoms with Crippen molar-refractivity contribution in [2.75, 3.05) is 0 Å². The van der Waals surface area contributed by atoms with Crippen LogP contribution in [0.25, 0.3) is 0 Å². The Labute approximate surface area is 112 Å². The maximum atomic E-state index is 12.1. The van der Waals surface area contributed by atoms with E-state index in [4.69, 9.17) is 0 Å². The van der Waals surface area contributed by atoms with Gasteiger partial charge in [-0.15, -0.1) is 0 Å². The lowest BCUT2D eigenvalue weighted by molar-refractivity contribution is 0.0939. The van der Waals surface area contributed by atoms with E-state index < -0.39 is 0 Å². The molecule has 0 fully saturated rings. The second kappa shape index (κ2) is 5.52. The summed E-state index contributed by atoms with van der Waals surface area (Å²) in [5.74, 6) is 0.00297. The van der Waals surface area contributed by atoms with E-state index >= 15 is 0 Å². The molecule has 0 saturated carbocycles. The highest BCUT2D eigenvalue weighted by atomic mass is 16.3. The molecule has 98 valence electrons. The summed E-state index contributed by atoms with van der Waals surface area (Å²) >= 11 is 0. The lowest BCUT2D eigenvalue weighted by Crippen LogP contribution is -2.27. The van der Waals surface area contributed by atoms with Crippen molar-refractivity contribution < 1.29 is 9.90 Å². The predicted molar refractivity (Wildman–Crippen MR) is 73.0 cm³/mol. The standard InChI is InChI=1S/C15H16N2O2/c1-10-8-13(18)5-6-14(10)15(19)17-11(2)12-4-3-7-16-9-12/h3-9,11,18H,1-2H3,(H,17,19). The minimum Gasteiger partial charge on any atom is -0.508 e. The summed E-state index contributed by atoms with van der Waals surface area (Å²) in [6, 6.07) is 8.34. The molecule has 0 saturated heterocycles. The molecule has 1 heterocycles. The van der Waals surface area contributed by atoms with E-state index in [0.29, 0.717) is 5.56 Å². The average molecular weight is 256 g/mol. The highest BCUT2D eigenvalue weighted by Crippen LogP contribution is 2.17. The van der Waals surface area contributed by atoms with Gasteiger partial charge in [-0.3, -0.25) is 9.78 Å². The van der Waals surface area contributed by atoms with Gasteiger partial charge in [-0.1, -0.05) is 6.07 Å². The Hall–Kier alpha value is -2.36. The first-order valence-electron chi connectivity index (χ1n) is 6.08. The number of carbonyl (C=O) groups excluding carboxylic acids is 1. The zero-order chi connectivity index (χ0) is 13.8. The van der Waals surface area contributed by atoms with E-state index in [1.165, 1.54) is 6.07 Å². The van der Waals surface area contributed by atoms with E-state index in [-0.39, 0.29) is 17.7 Å². The number of nitrogens with one attached hydrogen (secondary N) is 1. The first-order valence-corrected chi connectivity index (χ1v) is 6.08. The molecule has 0 radical (unpaired) electrons. The molecule has 2 rings (SSSR count). The first kappa shape index (κ1) is 13.1. The molecule has 19 heavy (non-hydrogen) atoms. The maximum absolute atomic E-state index is 12.1. The Morgan fingerprint density at radius 3 is 2.79 bits per heavy atom. The minimum atomic E-state index is -0.158. The van der Waals surface area contributed by atoms with Crippen molar-refractivity contribution in [3.05, 3.63) is 59.4 Å². The second-order valence-corrected chi connectivity index (χ2v) is 4.48. The van der Waals surface area contributed by atoms with E-state index in [0.717, 1.165) is 11.1 Å². The largest absolute Gasteiger partial charge is 0.508 e. The molecule has 4 heteroatoms. The number of aromatic nitrogens is 1. The number of hydrogen-bond donors (Lipinski definition) is 2. The van der Waals surface area contributed by atoms with Gasteiger partial charge >= 0.3 is 0 Å². The van der Waals surface area contributed by atoms with Gasteiger partial charge in [0.15, 0.2) is 0 Å². The molecule has 1 atom stereocenters. The number of hydrogen-bond acceptors (Lipinski definition) is 3. The van der Waals surface area contributed by atoms with Gasteiger partial charge in [0.2, 0.25) is 0 Å². The molecule has 0 bridgehead atoms. The van der Waals surface area contributed by atoms with Crippen LogP contribution in [0.5, 0.6) is 5.75 Å². The average Bonchev–Trinajstić information content (AvgIpc) is 2.39. The van der Waals surface area contributed by atoms with Gasteiger partial charge in [-0.2, -0.15) is 0 Å². The van der Waals surface area contributed by atoms with E-state index in [1.54, 1.807) is 31.5 Å². The summed E-state index contributed by atoms with van der Waals surface area (Å²) < 4.78 is 0. The van der Waals surface area contributed by atoms with E-state index in [9.17, 15) is 9.90 Å². The fourth-order valence-electron chi connectivity index (χ4n) is 1.89. The Morgan fingerprint density at radius 2 is 2.16 bits per heavy atom. The highest BCUT2D eigenvalue weighted by molar-refractivity contribution is 5.96. The first-order chi connectivity index (χ1) is 9.08. The van der Waals surface area contributed by atoms with Crippen LogP contribution in [-0.2, 0) is 0 Å². The lowest BCUT2D eigenvalue weighted by atomic mass is 10.1. The van der Waals surface area contributed by atoms with Crippen LogP contribution in [0, 0.1) is 6.92 Å². The number of aromatic hydroxyl groups is 1. The van der Waals surface area contributed by atoms with E-state index in [1.807, 2.05) is 19.1 Å². The van der Waals surface area contributed by atoms with Gasteiger partial charge in [-0.05, 0) is 49.2 Å². The van der Waals surface area contributed by atoms with Crippen molar-refractivity contribution >= 4 is 5.91 Å². The number of benzene rings is 1. The normalized spacial score (nSPS) is 11.9. The third kappa shape index (κ3) is 3.10. The number of aryl methyl sites for hydroxylation is 1. The molecule has 0 spiro atoms. The summed E-state index contributed by atoms with van der Waals surface area (Å²) in [6.07, 6.45) is 3.43. The third-order valence-corrected chi connectivity index (χ3v) is 2.99. The van der Waals surface area contributed by atoms with Crippen LogP contribution in [-0.4, -0.2) is 16.0 Å². The van der Waals surface area contributed by atoms with Crippen LogP contribution in [0.2, 0.25) is 0 Å². The molecule has 1 amide bonds. The van der Waals surface area contributed by atoms with Crippen LogP contribution in [0.4, 0.5) is 0 Å². The monoisotopic (exact) mass is 256 g/mol.